The fourth-order valence-corrected chi connectivity index (χ4v) is 8.54. The Hall–Kier alpha value is -2.26. The molecule has 36 heavy (non-hydrogen) atoms. The largest absolute Gasteiger partial charge is 0.309 e. The number of nitrogens with zero attached hydrogens (tertiary/aromatic N) is 6. The van der Waals surface area contributed by atoms with Gasteiger partial charge in [-0.15, -0.1) is 5.10 Å². The molecule has 4 saturated carbocycles. The lowest BCUT2D eigenvalue weighted by Crippen LogP contribution is -2.60. The van der Waals surface area contributed by atoms with Crippen molar-refractivity contribution in [2.45, 2.75) is 69.9 Å². The molecule has 5 fully saturated rings. The second-order valence-electron chi connectivity index (χ2n) is 11.9. The van der Waals surface area contributed by atoms with Gasteiger partial charge in [0.05, 0.1) is 22.0 Å². The second kappa shape index (κ2) is 8.65. The van der Waals surface area contributed by atoms with Gasteiger partial charge in [-0.2, -0.15) is 0 Å². The lowest BCUT2D eigenvalue weighted by Gasteiger charge is -2.60. The molecule has 1 amide bonds. The molecule has 4 atom stereocenters. The number of rotatable bonds is 6. The molecule has 8 nitrogen and oxygen atoms in total. The monoisotopic (exact) mass is 551 g/mol. The van der Waals surface area contributed by atoms with Crippen molar-refractivity contribution in [2.24, 2.45) is 17.3 Å². The van der Waals surface area contributed by atoms with E-state index in [-0.39, 0.29) is 16.9 Å². The number of likely N-dealkylation sites (tertiary alicyclic amines) is 1. The zero-order chi connectivity index (χ0) is 24.3. The quantitative estimate of drug-likeness (QED) is 0.475. The average molecular weight is 553 g/mol. The predicted octanol–water partition coefficient (Wildman–Crippen LogP) is 4.81. The fourth-order valence-electron chi connectivity index (χ4n) is 8.28. The van der Waals surface area contributed by atoms with Gasteiger partial charge in [0.15, 0.2) is 0 Å². The van der Waals surface area contributed by atoms with Crippen molar-refractivity contribution in [1.29, 1.82) is 0 Å². The Bertz CT molecular complexity index is 1280. The molecule has 1 aliphatic heterocycles. The van der Waals surface area contributed by atoms with E-state index in [1.165, 1.54) is 38.8 Å². The topological polar surface area (TPSA) is 80.9 Å². The van der Waals surface area contributed by atoms with Crippen molar-refractivity contribution in [3.05, 3.63) is 35.3 Å². The van der Waals surface area contributed by atoms with Crippen LogP contribution in [0.2, 0.25) is 0 Å². The van der Waals surface area contributed by atoms with Crippen molar-refractivity contribution < 1.29 is 4.79 Å². The number of hydrogen-bond acceptors (Lipinski definition) is 5. The van der Waals surface area contributed by atoms with Crippen LogP contribution in [-0.4, -0.2) is 54.8 Å². The number of para-hydroxylation sites is 2. The first-order valence-electron chi connectivity index (χ1n) is 13.6. The van der Waals surface area contributed by atoms with Crippen LogP contribution in [0.1, 0.15) is 57.8 Å². The fraction of sp³-hybridized carbons (Fsp3) is 0.630. The van der Waals surface area contributed by atoms with E-state index < -0.39 is 0 Å². The zero-order valence-corrected chi connectivity index (χ0v) is 22.3. The summed E-state index contributed by atoms with van der Waals surface area (Å²) in [7, 11) is 0. The Balaban J connectivity index is 1.18. The van der Waals surface area contributed by atoms with Crippen molar-refractivity contribution in [1.82, 2.24) is 29.2 Å². The maximum atomic E-state index is 14.2. The van der Waals surface area contributed by atoms with Crippen molar-refractivity contribution >= 4 is 38.8 Å². The molecular formula is C27H34BrN7O. The highest BCUT2D eigenvalue weighted by atomic mass is 79.9. The lowest BCUT2D eigenvalue weighted by molar-refractivity contribution is -0.150. The van der Waals surface area contributed by atoms with E-state index in [4.69, 9.17) is 4.98 Å². The number of imidazole rings is 1. The molecule has 1 N–H and O–H groups in total. The van der Waals surface area contributed by atoms with E-state index in [2.05, 4.69) is 57.6 Å². The molecule has 4 bridgehead atoms. The summed E-state index contributed by atoms with van der Waals surface area (Å²) in [6, 6.07) is 8.25. The maximum absolute atomic E-state index is 14.2. The summed E-state index contributed by atoms with van der Waals surface area (Å²) in [5, 5.41) is 8.01. The van der Waals surface area contributed by atoms with Crippen LogP contribution < -0.4 is 5.32 Å². The summed E-state index contributed by atoms with van der Waals surface area (Å²) in [5.41, 5.74) is 1.58. The number of aromatic nitrogens is 5. The van der Waals surface area contributed by atoms with Crippen molar-refractivity contribution in [3.63, 3.8) is 0 Å². The number of anilines is 1. The molecule has 3 heterocycles. The number of piperidine rings is 1. The highest BCUT2D eigenvalue weighted by molar-refractivity contribution is 9.10. The number of fused-ring (bicyclic) bond motifs is 1. The van der Waals surface area contributed by atoms with E-state index in [1.54, 1.807) is 0 Å². The second-order valence-corrected chi connectivity index (χ2v) is 12.6. The van der Waals surface area contributed by atoms with E-state index in [9.17, 15) is 4.79 Å². The van der Waals surface area contributed by atoms with Gasteiger partial charge in [-0.1, -0.05) is 18.6 Å². The highest BCUT2D eigenvalue weighted by Crippen LogP contribution is 2.64. The van der Waals surface area contributed by atoms with Crippen LogP contribution in [0.3, 0.4) is 0 Å². The van der Waals surface area contributed by atoms with Gasteiger partial charge < -0.3 is 9.47 Å². The average Bonchev–Trinajstić information content (AvgIpc) is 3.46. The van der Waals surface area contributed by atoms with Gasteiger partial charge in [0, 0.05) is 13.1 Å². The molecule has 8 rings (SSSR count). The first-order valence-corrected chi connectivity index (χ1v) is 14.4. The minimum Gasteiger partial charge on any atom is -0.309 e. The first kappa shape index (κ1) is 22.9. The van der Waals surface area contributed by atoms with Crippen LogP contribution in [0.5, 0.6) is 0 Å². The molecule has 190 valence electrons. The first-order chi connectivity index (χ1) is 17.5. The van der Waals surface area contributed by atoms with Gasteiger partial charge in [0.25, 0.3) is 0 Å². The smallest absolute Gasteiger partial charge is 0.233 e. The Kier molecular flexibility index (Phi) is 5.50. The summed E-state index contributed by atoms with van der Waals surface area (Å²) in [6.45, 7) is 4.16. The number of hydrogen-bond donors (Lipinski definition) is 1. The van der Waals surface area contributed by atoms with E-state index in [0.717, 1.165) is 56.2 Å². The van der Waals surface area contributed by atoms with Gasteiger partial charge in [-0.25, -0.2) is 14.6 Å². The minimum absolute atomic E-state index is 0.102. The molecule has 2 unspecified atom stereocenters. The van der Waals surface area contributed by atoms with Gasteiger partial charge in [0.2, 0.25) is 16.6 Å². The summed E-state index contributed by atoms with van der Waals surface area (Å²) >= 11 is 3.43. The Morgan fingerprint density at radius 3 is 2.58 bits per heavy atom. The molecular weight excluding hydrogens is 518 g/mol. The predicted molar refractivity (Wildman–Crippen MR) is 141 cm³/mol. The Labute approximate surface area is 220 Å². The highest BCUT2D eigenvalue weighted by Gasteiger charge is 2.61. The summed E-state index contributed by atoms with van der Waals surface area (Å²) in [4.78, 5) is 26.0. The van der Waals surface area contributed by atoms with Crippen LogP contribution in [0.4, 0.5) is 5.95 Å². The van der Waals surface area contributed by atoms with Crippen LogP contribution in [0.25, 0.3) is 11.0 Å². The summed E-state index contributed by atoms with van der Waals surface area (Å²) < 4.78 is 4.91. The third kappa shape index (κ3) is 3.81. The zero-order valence-electron chi connectivity index (χ0n) is 20.7. The third-order valence-corrected chi connectivity index (χ3v) is 9.79. The summed E-state index contributed by atoms with van der Waals surface area (Å²) in [6.07, 6.45) is 12.0. The van der Waals surface area contributed by atoms with Crippen molar-refractivity contribution in [3.8, 4) is 0 Å². The van der Waals surface area contributed by atoms with Gasteiger partial charge in [0.1, 0.15) is 6.33 Å². The maximum Gasteiger partial charge on any atom is 0.233 e. The molecule has 0 radical (unpaired) electrons. The molecule has 1 aromatic carbocycles. The minimum atomic E-state index is -0.363. The number of carbonyl (C=O) groups is 1. The number of carbonyl (C=O) groups excluding carboxylic acids is 1. The van der Waals surface area contributed by atoms with E-state index in [1.807, 2.05) is 18.5 Å². The molecule has 0 spiro atoms. The number of amides is 1. The van der Waals surface area contributed by atoms with E-state index in [0.29, 0.717) is 22.5 Å². The molecule has 9 heteroatoms. The van der Waals surface area contributed by atoms with Gasteiger partial charge in [-0.05, 0) is 104 Å². The molecule has 3 aromatic rings. The number of benzene rings is 1. The number of halogens is 1. The number of nitrogens with one attached hydrogen (secondary N) is 1. The molecule has 4 aliphatic carbocycles. The van der Waals surface area contributed by atoms with Gasteiger partial charge >= 0.3 is 0 Å². The van der Waals surface area contributed by atoms with Crippen LogP contribution >= 0.6 is 15.9 Å². The van der Waals surface area contributed by atoms with E-state index >= 15 is 0 Å². The molecule has 1 saturated heterocycles. The third-order valence-electron chi connectivity index (χ3n) is 9.43. The SMILES string of the molecule is O=C(Nc1nc2ccccc2n1CCN1CCCCC1)C12C[C@H]3C[C@@H](C1)CC(n1cnc(Br)n1)(C3)C2. The molecule has 2 aromatic heterocycles. The van der Waals surface area contributed by atoms with Crippen LogP contribution in [-0.2, 0) is 16.9 Å². The standard InChI is InChI=1S/C27H34BrN7O/c28-24-29-18-35(32-24)27-15-19-12-20(16-27)14-26(13-19,17-27)23(36)31-25-30-21-6-2-3-7-22(21)34(25)11-10-33-8-4-1-5-9-33/h2-3,6-7,18-20H,1,4-5,8-17H2,(H,30,31,36)/t19-,20+,26?,27?. The lowest BCUT2D eigenvalue weighted by atomic mass is 9.46. The van der Waals surface area contributed by atoms with Crippen LogP contribution in [0, 0.1) is 17.3 Å². The normalized spacial score (nSPS) is 31.8. The van der Waals surface area contributed by atoms with Crippen LogP contribution in [0.15, 0.2) is 35.3 Å². The van der Waals surface area contributed by atoms with Crippen molar-refractivity contribution in [2.75, 3.05) is 25.0 Å². The Morgan fingerprint density at radius 2 is 1.83 bits per heavy atom. The molecule has 5 aliphatic rings. The Morgan fingerprint density at radius 1 is 1.06 bits per heavy atom. The van der Waals surface area contributed by atoms with Gasteiger partial charge in [-0.3, -0.25) is 10.1 Å². The summed E-state index contributed by atoms with van der Waals surface area (Å²) in [5.74, 6) is 1.98.